The van der Waals surface area contributed by atoms with Crippen LogP contribution in [-0.4, -0.2) is 84.2 Å². The van der Waals surface area contributed by atoms with E-state index in [4.69, 9.17) is 16.2 Å². The van der Waals surface area contributed by atoms with E-state index < -0.39 is 23.2 Å². The second-order valence-electron chi connectivity index (χ2n) is 10.3. The van der Waals surface area contributed by atoms with Crippen LogP contribution in [-0.2, 0) is 9.53 Å². The van der Waals surface area contributed by atoms with Gasteiger partial charge in [-0.05, 0) is 37.4 Å². The summed E-state index contributed by atoms with van der Waals surface area (Å²) in [7, 11) is 3.15. The van der Waals surface area contributed by atoms with E-state index in [2.05, 4.69) is 30.6 Å². The maximum atomic E-state index is 14.9. The molecule has 0 aliphatic carbocycles. The number of primary amides is 1. The first kappa shape index (κ1) is 28.2. The zero-order chi connectivity index (χ0) is 29.1. The number of para-hydroxylation sites is 1. The summed E-state index contributed by atoms with van der Waals surface area (Å²) in [4.78, 5) is 45.4. The van der Waals surface area contributed by atoms with Gasteiger partial charge >= 0.3 is 0 Å². The lowest BCUT2D eigenvalue weighted by Crippen LogP contribution is -2.47. The number of anilines is 4. The lowest BCUT2D eigenvalue weighted by Gasteiger charge is -2.34. The summed E-state index contributed by atoms with van der Waals surface area (Å²) in [6.45, 7) is 2.67. The number of nitrogens with zero attached hydrogens (tertiary/aromatic N) is 5. The van der Waals surface area contributed by atoms with Crippen molar-refractivity contribution in [3.05, 3.63) is 42.1 Å². The fraction of sp³-hybridized carbons (Fsp3) is 0.444. The van der Waals surface area contributed by atoms with Crippen molar-refractivity contribution in [3.8, 4) is 11.4 Å². The van der Waals surface area contributed by atoms with Crippen molar-refractivity contribution in [3.63, 3.8) is 0 Å². The lowest BCUT2D eigenvalue weighted by atomic mass is 9.96. The number of rotatable bonds is 9. The van der Waals surface area contributed by atoms with Crippen molar-refractivity contribution in [2.24, 2.45) is 17.4 Å². The first-order valence-corrected chi connectivity index (χ1v) is 13.5. The van der Waals surface area contributed by atoms with E-state index >= 15 is 0 Å². The Balaban J connectivity index is 1.36. The molecule has 1 atom stereocenters. The zero-order valence-electron chi connectivity index (χ0n) is 23.1. The largest absolute Gasteiger partial charge is 0.367 e. The van der Waals surface area contributed by atoms with Crippen molar-refractivity contribution >= 4 is 35.0 Å². The summed E-state index contributed by atoms with van der Waals surface area (Å²) in [5.74, 6) is -0.113. The molecular formula is C27H35FN10O3. The number of hydrogen-bond donors (Lipinski definition) is 5. The minimum absolute atomic E-state index is 0.0384. The molecule has 2 aromatic heterocycles. The number of halogens is 1. The van der Waals surface area contributed by atoms with Crippen LogP contribution < -0.4 is 31.9 Å². The highest BCUT2D eigenvalue weighted by atomic mass is 19.1. The van der Waals surface area contributed by atoms with E-state index in [-0.39, 0.29) is 12.4 Å². The van der Waals surface area contributed by atoms with Gasteiger partial charge in [0.25, 0.3) is 11.8 Å². The summed E-state index contributed by atoms with van der Waals surface area (Å²) in [5, 5.41) is 5.74. The summed E-state index contributed by atoms with van der Waals surface area (Å²) in [6.07, 6.45) is 3.72. The number of H-pyrrole nitrogens is 1. The van der Waals surface area contributed by atoms with Crippen molar-refractivity contribution in [2.45, 2.75) is 24.9 Å². The molecule has 13 nitrogen and oxygen atoms in total. The molecule has 5 rings (SSSR count). The van der Waals surface area contributed by atoms with Crippen LogP contribution in [0.4, 0.5) is 27.5 Å². The van der Waals surface area contributed by atoms with Crippen LogP contribution in [0.1, 0.15) is 29.9 Å². The maximum absolute atomic E-state index is 14.9. The van der Waals surface area contributed by atoms with Crippen LogP contribution >= 0.6 is 0 Å². The molecule has 2 fully saturated rings. The highest BCUT2D eigenvalue weighted by Gasteiger charge is 2.44. The van der Waals surface area contributed by atoms with Crippen molar-refractivity contribution in [1.82, 2.24) is 19.9 Å². The number of aromatic nitrogens is 4. The number of methoxy groups -OCH3 is 1. The smallest absolute Gasteiger partial charge is 0.291 e. The van der Waals surface area contributed by atoms with Crippen LogP contribution in [0.5, 0.6) is 0 Å². The molecule has 3 aromatic rings. The van der Waals surface area contributed by atoms with E-state index in [0.29, 0.717) is 73.0 Å². The number of amides is 2. The summed E-state index contributed by atoms with van der Waals surface area (Å²) >= 11 is 0. The molecule has 4 heterocycles. The van der Waals surface area contributed by atoms with Crippen LogP contribution in [0.3, 0.4) is 0 Å². The summed E-state index contributed by atoms with van der Waals surface area (Å²) in [6, 6.07) is 6.34. The molecule has 0 spiro atoms. The maximum Gasteiger partial charge on any atom is 0.291 e. The van der Waals surface area contributed by atoms with Gasteiger partial charge in [-0.25, -0.2) is 14.4 Å². The topological polar surface area (TPSA) is 180 Å². The van der Waals surface area contributed by atoms with Gasteiger partial charge in [0.05, 0.1) is 23.6 Å². The van der Waals surface area contributed by atoms with Crippen LogP contribution in [0.2, 0.25) is 0 Å². The van der Waals surface area contributed by atoms with Gasteiger partial charge in [0.2, 0.25) is 5.95 Å². The Kier molecular flexibility index (Phi) is 8.03. The van der Waals surface area contributed by atoms with Crippen LogP contribution in [0, 0.1) is 11.7 Å². The Bertz CT molecular complexity index is 1420. The third kappa shape index (κ3) is 5.65. The summed E-state index contributed by atoms with van der Waals surface area (Å²) in [5.41, 5.74) is 11.9. The standard InChI is InChI=1S/C27H35FN10O3/c1-31-26-35-19(12-21(36-26)38-11-8-27(15-38,41-2)25(30)40)20-14-32-23(33-20)24(39)34-18-5-3-4-17(28)22(18)37-9-6-16(13-29)7-10-37/h3-5,12,14,16H,6-11,13,15,29H2,1-2H3,(H2,30,40)(H,32,33)(H,34,39)(H,31,35,36)/t27-/m0/s1. The second kappa shape index (κ2) is 11.7. The molecule has 2 aliphatic heterocycles. The molecule has 2 aliphatic rings. The minimum atomic E-state index is -1.10. The Morgan fingerprint density at radius 2 is 1.95 bits per heavy atom. The predicted octanol–water partition coefficient (Wildman–Crippen LogP) is 1.56. The van der Waals surface area contributed by atoms with Crippen molar-refractivity contribution in [1.29, 1.82) is 0 Å². The molecular weight excluding hydrogens is 531 g/mol. The first-order chi connectivity index (χ1) is 19.8. The zero-order valence-corrected chi connectivity index (χ0v) is 23.1. The van der Waals surface area contributed by atoms with Gasteiger partial charge in [0.15, 0.2) is 11.4 Å². The monoisotopic (exact) mass is 566 g/mol. The number of carbonyl (C=O) groups excluding carboxylic acids is 2. The van der Waals surface area contributed by atoms with Crippen LogP contribution in [0.25, 0.3) is 11.4 Å². The Morgan fingerprint density at radius 3 is 2.61 bits per heavy atom. The second-order valence-corrected chi connectivity index (χ2v) is 10.3. The molecule has 2 saturated heterocycles. The van der Waals surface area contributed by atoms with Gasteiger partial charge in [-0.2, -0.15) is 4.98 Å². The third-order valence-corrected chi connectivity index (χ3v) is 7.89. The third-order valence-electron chi connectivity index (χ3n) is 7.89. The van der Waals surface area contributed by atoms with Crippen LogP contribution in [0.15, 0.2) is 30.5 Å². The summed E-state index contributed by atoms with van der Waals surface area (Å²) < 4.78 is 20.4. The number of carbonyl (C=O) groups is 2. The molecule has 2 amide bonds. The van der Waals surface area contributed by atoms with E-state index in [1.807, 2.05) is 9.80 Å². The SMILES string of the molecule is CNc1nc(-c2c[nH]c(C(=O)Nc3cccc(F)c3N3CCC(CN)CC3)n2)cc(N2CC[C@@](OC)(C(N)=O)C2)n1. The molecule has 7 N–H and O–H groups in total. The highest BCUT2D eigenvalue weighted by molar-refractivity contribution is 6.04. The lowest BCUT2D eigenvalue weighted by molar-refractivity contribution is -0.137. The highest BCUT2D eigenvalue weighted by Crippen LogP contribution is 2.33. The number of nitrogens with one attached hydrogen (secondary N) is 3. The average Bonchev–Trinajstić information content (AvgIpc) is 3.66. The number of nitrogens with two attached hydrogens (primary N) is 2. The van der Waals surface area contributed by atoms with E-state index in [0.717, 1.165) is 12.8 Å². The van der Waals surface area contributed by atoms with E-state index in [9.17, 15) is 14.0 Å². The number of piperidine rings is 1. The van der Waals surface area contributed by atoms with Gasteiger partial charge in [0.1, 0.15) is 17.3 Å². The number of hydrogen-bond acceptors (Lipinski definition) is 10. The molecule has 41 heavy (non-hydrogen) atoms. The van der Waals surface area contributed by atoms with Crippen molar-refractivity contribution < 1.29 is 18.7 Å². The minimum Gasteiger partial charge on any atom is -0.367 e. The van der Waals surface area contributed by atoms with Gasteiger partial charge in [-0.15, -0.1) is 0 Å². The average molecular weight is 567 g/mol. The number of aromatic amines is 1. The van der Waals surface area contributed by atoms with Gasteiger partial charge in [-0.1, -0.05) is 6.07 Å². The molecule has 0 unspecified atom stereocenters. The molecule has 1 aromatic carbocycles. The number of benzene rings is 1. The molecule has 14 heteroatoms. The quantitative estimate of drug-likeness (QED) is 0.255. The predicted molar refractivity (Wildman–Crippen MR) is 153 cm³/mol. The molecule has 218 valence electrons. The fourth-order valence-electron chi connectivity index (χ4n) is 5.37. The normalized spacial score (nSPS) is 19.4. The van der Waals surface area contributed by atoms with Crippen molar-refractivity contribution in [2.75, 3.05) is 67.3 Å². The Labute approximate surface area is 236 Å². The number of imidazole rings is 1. The number of ether oxygens (including phenoxy) is 1. The van der Waals surface area contributed by atoms with E-state index in [1.54, 1.807) is 31.4 Å². The first-order valence-electron chi connectivity index (χ1n) is 13.5. The molecule has 0 bridgehead atoms. The van der Waals surface area contributed by atoms with Gasteiger partial charge < -0.3 is 41.6 Å². The van der Waals surface area contributed by atoms with Gasteiger partial charge in [-0.3, -0.25) is 9.59 Å². The fourth-order valence-corrected chi connectivity index (χ4v) is 5.37. The van der Waals surface area contributed by atoms with Gasteiger partial charge in [0, 0.05) is 52.5 Å². The Hall–Kier alpha value is -4.30. The molecule has 0 radical (unpaired) electrons. The van der Waals surface area contributed by atoms with E-state index in [1.165, 1.54) is 13.2 Å². The Morgan fingerprint density at radius 1 is 1.17 bits per heavy atom. The molecule has 0 saturated carbocycles.